The number of carbonyl (C=O) groups excluding carboxylic acids is 1. The minimum Gasteiger partial charge on any atom is -0.466 e. The molecule has 4 aromatic rings. The first-order valence-electron chi connectivity index (χ1n) is 12.5. The molecule has 39 heavy (non-hydrogen) atoms. The van der Waals surface area contributed by atoms with Crippen LogP contribution in [0.1, 0.15) is 0 Å². The summed E-state index contributed by atoms with van der Waals surface area (Å²) in [5.41, 5.74) is -0.0918. The molecule has 5 heterocycles. The number of pyridine rings is 1. The molecule has 0 bridgehead atoms. The van der Waals surface area contributed by atoms with E-state index in [1.54, 1.807) is 30.3 Å². The smallest absolute Gasteiger partial charge is 0.333 e. The van der Waals surface area contributed by atoms with E-state index in [2.05, 4.69) is 38.1 Å². The van der Waals surface area contributed by atoms with Gasteiger partial charge in [0.15, 0.2) is 18.1 Å². The summed E-state index contributed by atoms with van der Waals surface area (Å²) in [7, 11) is 1.70. The van der Waals surface area contributed by atoms with Crippen LogP contribution in [0.4, 0.5) is 5.82 Å². The maximum atomic E-state index is 13.0. The second-order valence-corrected chi connectivity index (χ2v) is 9.01. The Hall–Kier alpha value is -4.94. The number of aryl methyl sites for hydroxylation is 1. The summed E-state index contributed by atoms with van der Waals surface area (Å²) in [6, 6.07) is 7.40. The van der Waals surface area contributed by atoms with E-state index < -0.39 is 11.2 Å². The zero-order valence-corrected chi connectivity index (χ0v) is 21.6. The molecule has 1 aliphatic rings. The highest BCUT2D eigenvalue weighted by Gasteiger charge is 2.23. The highest BCUT2D eigenvalue weighted by Crippen LogP contribution is 2.22. The fraction of sp³-hybridized carbons (Fsp3) is 0.308. The molecule has 1 aliphatic heterocycles. The minimum absolute atomic E-state index is 0.0645. The van der Waals surface area contributed by atoms with E-state index in [1.807, 2.05) is 18.2 Å². The van der Waals surface area contributed by atoms with Crippen molar-refractivity contribution < 1.29 is 9.53 Å². The summed E-state index contributed by atoms with van der Waals surface area (Å²) in [4.78, 5) is 54.4. The van der Waals surface area contributed by atoms with E-state index >= 15 is 0 Å². The number of anilines is 1. The van der Waals surface area contributed by atoms with Crippen LogP contribution in [0.15, 0.2) is 65.4 Å². The maximum absolute atomic E-state index is 13.0. The van der Waals surface area contributed by atoms with Gasteiger partial charge in [-0.25, -0.2) is 14.8 Å². The summed E-state index contributed by atoms with van der Waals surface area (Å²) in [5.74, 6) is 1.33. The van der Waals surface area contributed by atoms with Crippen LogP contribution in [0.3, 0.4) is 0 Å². The van der Waals surface area contributed by atoms with Crippen LogP contribution in [0, 0.1) is 0 Å². The molecule has 1 saturated heterocycles. The van der Waals surface area contributed by atoms with Crippen molar-refractivity contribution in [3.63, 3.8) is 0 Å². The van der Waals surface area contributed by atoms with E-state index in [0.717, 1.165) is 10.4 Å². The molecule has 0 saturated carbocycles. The lowest BCUT2D eigenvalue weighted by Gasteiger charge is -2.35. The monoisotopic (exact) mass is 531 g/mol. The number of nitrogens with zero attached hydrogens (tertiary/aromatic N) is 8. The van der Waals surface area contributed by atoms with Gasteiger partial charge in [0, 0.05) is 58.6 Å². The summed E-state index contributed by atoms with van der Waals surface area (Å²) >= 11 is 0. The van der Waals surface area contributed by atoms with Crippen molar-refractivity contribution in [3.05, 3.63) is 76.6 Å². The molecule has 1 amide bonds. The number of carbonyl (C=O) groups is 1. The predicted molar refractivity (Wildman–Crippen MR) is 146 cm³/mol. The molecule has 0 atom stereocenters. The molecule has 5 rings (SSSR count). The molecule has 1 fully saturated rings. The Morgan fingerprint density at radius 2 is 1.85 bits per heavy atom. The van der Waals surface area contributed by atoms with Crippen molar-refractivity contribution >= 4 is 22.9 Å². The Bertz CT molecular complexity index is 1640. The average molecular weight is 532 g/mol. The standard InChI is InChI=1S/C26H29N9O4/c1-4-10-34-24-22(25(37)35(11-5-2)26(34)38)28-23(29-24)18-16-20(30-31(18)3)39-17-21(36)33-14-12-32(13-15-33)19-8-6-7-9-27-19/h4-9,16H,1-2,10-15,17H2,3H3,(H,28,29). The Kier molecular flexibility index (Phi) is 7.12. The van der Waals surface area contributed by atoms with Crippen LogP contribution >= 0.6 is 0 Å². The Labute approximate surface area is 223 Å². The van der Waals surface area contributed by atoms with E-state index in [9.17, 15) is 14.4 Å². The maximum Gasteiger partial charge on any atom is 0.333 e. The lowest BCUT2D eigenvalue weighted by Crippen LogP contribution is -2.50. The van der Waals surface area contributed by atoms with Crippen LogP contribution in [-0.2, 0) is 24.9 Å². The second kappa shape index (κ2) is 10.8. The Morgan fingerprint density at radius 3 is 2.54 bits per heavy atom. The average Bonchev–Trinajstić information content (AvgIpc) is 3.56. The number of allylic oxidation sites excluding steroid dienone is 2. The molecule has 0 spiro atoms. The summed E-state index contributed by atoms with van der Waals surface area (Å²) in [6.07, 6.45) is 4.80. The number of aromatic amines is 1. The van der Waals surface area contributed by atoms with Crippen LogP contribution in [-0.4, -0.2) is 77.5 Å². The van der Waals surface area contributed by atoms with Crippen LogP contribution in [0.2, 0.25) is 0 Å². The number of ether oxygens (including phenoxy) is 1. The molecule has 0 unspecified atom stereocenters. The molecule has 13 heteroatoms. The first-order chi connectivity index (χ1) is 18.9. The normalized spacial score (nSPS) is 13.6. The molecule has 1 N–H and O–H groups in total. The van der Waals surface area contributed by atoms with E-state index in [1.165, 1.54) is 15.3 Å². The number of imidazole rings is 1. The predicted octanol–water partition coefficient (Wildman–Crippen LogP) is 0.781. The number of hydrogen-bond acceptors (Lipinski definition) is 8. The SMILES string of the molecule is C=CCn1c(=O)c2[nH]c(-c3cc(OCC(=O)N4CCN(c5ccccn5)CC4)nn3C)nc2n(CC=C)c1=O. The van der Waals surface area contributed by atoms with Crippen molar-refractivity contribution in [3.8, 4) is 17.4 Å². The number of H-pyrrole nitrogens is 1. The second-order valence-electron chi connectivity index (χ2n) is 9.01. The third kappa shape index (κ3) is 4.98. The van der Waals surface area contributed by atoms with Gasteiger partial charge in [-0.05, 0) is 12.1 Å². The van der Waals surface area contributed by atoms with Crippen LogP contribution in [0.5, 0.6) is 5.88 Å². The number of hydrogen-bond donors (Lipinski definition) is 1. The lowest BCUT2D eigenvalue weighted by atomic mass is 10.3. The number of piperazine rings is 1. The molecule has 4 aromatic heterocycles. The van der Waals surface area contributed by atoms with Gasteiger partial charge in [0.25, 0.3) is 11.5 Å². The molecule has 13 nitrogen and oxygen atoms in total. The van der Waals surface area contributed by atoms with Crippen LogP contribution in [0.25, 0.3) is 22.7 Å². The van der Waals surface area contributed by atoms with Crippen molar-refractivity contribution in [2.45, 2.75) is 13.1 Å². The van der Waals surface area contributed by atoms with E-state index in [0.29, 0.717) is 37.7 Å². The third-order valence-electron chi connectivity index (χ3n) is 6.53. The third-order valence-corrected chi connectivity index (χ3v) is 6.53. The van der Waals surface area contributed by atoms with Gasteiger partial charge < -0.3 is 19.5 Å². The number of aromatic nitrogens is 7. The van der Waals surface area contributed by atoms with Crippen molar-refractivity contribution in [1.82, 2.24) is 38.8 Å². The Morgan fingerprint density at radius 1 is 1.10 bits per heavy atom. The highest BCUT2D eigenvalue weighted by molar-refractivity contribution is 5.78. The van der Waals surface area contributed by atoms with Crippen molar-refractivity contribution in [2.24, 2.45) is 7.05 Å². The number of fused-ring (bicyclic) bond motifs is 1. The summed E-state index contributed by atoms with van der Waals surface area (Å²) in [6.45, 7) is 9.92. The molecule has 0 radical (unpaired) electrons. The molecule has 202 valence electrons. The van der Waals surface area contributed by atoms with Gasteiger partial charge in [-0.3, -0.25) is 23.4 Å². The first-order valence-corrected chi connectivity index (χ1v) is 12.5. The van der Waals surface area contributed by atoms with Crippen molar-refractivity contribution in [2.75, 3.05) is 37.7 Å². The van der Waals surface area contributed by atoms with Gasteiger partial charge in [0.05, 0.1) is 0 Å². The van der Waals surface area contributed by atoms with Gasteiger partial charge >= 0.3 is 5.69 Å². The molecule has 0 aromatic carbocycles. The highest BCUT2D eigenvalue weighted by atomic mass is 16.5. The van der Waals surface area contributed by atoms with Gasteiger partial charge in [0.2, 0.25) is 5.88 Å². The van der Waals surface area contributed by atoms with Gasteiger partial charge in [-0.2, -0.15) is 0 Å². The topological polar surface area (TPSA) is 136 Å². The number of nitrogens with one attached hydrogen (secondary N) is 1. The molecular formula is C26H29N9O4. The fourth-order valence-electron chi connectivity index (χ4n) is 4.56. The van der Waals surface area contributed by atoms with Gasteiger partial charge in [-0.1, -0.05) is 18.2 Å². The first kappa shape index (κ1) is 25.7. The van der Waals surface area contributed by atoms with Crippen molar-refractivity contribution in [1.29, 1.82) is 0 Å². The fourth-order valence-corrected chi connectivity index (χ4v) is 4.56. The molecule has 0 aliphatic carbocycles. The lowest BCUT2D eigenvalue weighted by molar-refractivity contribution is -0.133. The van der Waals surface area contributed by atoms with Gasteiger partial charge in [-0.15, -0.1) is 18.3 Å². The van der Waals surface area contributed by atoms with Crippen LogP contribution < -0.4 is 20.9 Å². The van der Waals surface area contributed by atoms with E-state index in [4.69, 9.17) is 4.74 Å². The summed E-state index contributed by atoms with van der Waals surface area (Å²) in [5, 5.41) is 4.34. The summed E-state index contributed by atoms with van der Waals surface area (Å²) < 4.78 is 9.69. The quantitative estimate of drug-likeness (QED) is 0.313. The van der Waals surface area contributed by atoms with E-state index in [-0.39, 0.29) is 42.6 Å². The molecular weight excluding hydrogens is 502 g/mol. The minimum atomic E-state index is -0.501. The Balaban J connectivity index is 1.30. The number of amides is 1. The largest absolute Gasteiger partial charge is 0.466 e. The number of rotatable bonds is 9. The zero-order chi connectivity index (χ0) is 27.5. The van der Waals surface area contributed by atoms with Gasteiger partial charge in [0.1, 0.15) is 17.0 Å². The zero-order valence-electron chi connectivity index (χ0n) is 21.6.